The average molecular weight is 1140 g/mol. The minimum absolute atomic E-state index is 0.880. The lowest BCUT2D eigenvalue weighted by atomic mass is 9.83. The van der Waals surface area contributed by atoms with Crippen molar-refractivity contribution < 1.29 is 8.83 Å². The van der Waals surface area contributed by atoms with E-state index >= 15 is 0 Å². The van der Waals surface area contributed by atoms with Gasteiger partial charge in [-0.2, -0.15) is 0 Å². The van der Waals surface area contributed by atoms with Gasteiger partial charge in [0.05, 0.1) is 0 Å². The Bertz CT molecular complexity index is 6200. The number of furan rings is 2. The van der Waals surface area contributed by atoms with E-state index in [0.717, 1.165) is 77.3 Å². The third-order valence-corrected chi connectivity index (χ3v) is 19.1. The summed E-state index contributed by atoms with van der Waals surface area (Å²) < 4.78 is 13.2. The van der Waals surface area contributed by atoms with Crippen LogP contribution in [0.25, 0.3) is 197 Å². The topological polar surface area (TPSA) is 26.3 Å². The van der Waals surface area contributed by atoms with Crippen LogP contribution < -0.4 is 0 Å². The molecule has 2 aromatic heterocycles. The van der Waals surface area contributed by atoms with E-state index in [1.165, 1.54) is 120 Å². The summed E-state index contributed by atoms with van der Waals surface area (Å²) in [5.41, 5.74) is 20.1. The van der Waals surface area contributed by atoms with Crippen LogP contribution in [0.5, 0.6) is 0 Å². The second-order valence-electron chi connectivity index (χ2n) is 24.2. The van der Waals surface area contributed by atoms with Crippen molar-refractivity contribution in [2.75, 3.05) is 0 Å². The number of rotatable bonds is 7. The van der Waals surface area contributed by atoms with Crippen LogP contribution in [-0.4, -0.2) is 0 Å². The highest BCUT2D eigenvalue weighted by Gasteiger charge is 2.23. The van der Waals surface area contributed by atoms with E-state index in [2.05, 4.69) is 315 Å². The fraction of sp³-hybridized carbons (Fsp3) is 0. The SMILES string of the molecule is c1ccc(-c2c3ccccc3c(-c3ccc4oc5cc6ccccc6cc5c4c3)c3ccc(-c4cccc(-c5ccc6c(-c7ccc8oc9cc%10ccccc%10cc9c8c7)c7ccc(-c8ccc9ccccc9c8)cc7c(-c7ccccc7)c6c5)c4)cc23)cc1. The number of benzene rings is 17. The van der Waals surface area contributed by atoms with Crippen molar-refractivity contribution in [2.45, 2.75) is 0 Å². The van der Waals surface area contributed by atoms with E-state index in [0.29, 0.717) is 0 Å². The average Bonchev–Trinajstić information content (AvgIpc) is 0.824. The van der Waals surface area contributed by atoms with Gasteiger partial charge in [0.2, 0.25) is 0 Å². The Hall–Kier alpha value is -11.8. The normalized spacial score (nSPS) is 12.0. The van der Waals surface area contributed by atoms with Gasteiger partial charge in [0.25, 0.3) is 0 Å². The van der Waals surface area contributed by atoms with E-state index in [-0.39, 0.29) is 0 Å². The highest BCUT2D eigenvalue weighted by Crippen LogP contribution is 2.50. The molecular weight excluding hydrogens is 1090 g/mol. The van der Waals surface area contributed by atoms with Gasteiger partial charge < -0.3 is 8.83 Å². The standard InChI is InChI=1S/C88H52O2/c1-3-17-54(18-4-1)85-69-28-13-14-29-70(69)87(67-35-40-81-74(49-67)76-44-59-22-9-11-24-61(59)51-83(76)89-81)71-37-32-64(46-78(71)85)57-26-15-27-58(43-57)65-33-38-72-79(47-65)86(55-19-5-2-6-20-55)80-48-66(63-31-30-53-16-7-8-21-56(53)42-63)34-39-73(80)88(72)68-36-41-82-75(50-68)77-45-60-23-10-12-25-62(60)52-84(77)90-82/h1-52H. The van der Waals surface area contributed by atoms with Crippen LogP contribution in [0.1, 0.15) is 0 Å². The van der Waals surface area contributed by atoms with Crippen LogP contribution in [0.2, 0.25) is 0 Å². The zero-order valence-electron chi connectivity index (χ0n) is 48.8. The molecule has 19 rings (SSSR count). The molecule has 0 aliphatic rings. The maximum Gasteiger partial charge on any atom is 0.136 e. The zero-order valence-corrected chi connectivity index (χ0v) is 48.8. The molecule has 0 aliphatic heterocycles. The predicted molar refractivity (Wildman–Crippen MR) is 382 cm³/mol. The van der Waals surface area contributed by atoms with Gasteiger partial charge in [-0.15, -0.1) is 0 Å². The fourth-order valence-corrected chi connectivity index (χ4v) is 14.9. The lowest BCUT2D eigenvalue weighted by Crippen LogP contribution is -1.93. The van der Waals surface area contributed by atoms with Crippen molar-refractivity contribution in [3.63, 3.8) is 0 Å². The van der Waals surface area contributed by atoms with Gasteiger partial charge in [-0.3, -0.25) is 0 Å². The zero-order chi connectivity index (χ0) is 59.0. The Morgan fingerprint density at radius 1 is 0.133 bits per heavy atom. The molecule has 0 fully saturated rings. The first-order valence-corrected chi connectivity index (χ1v) is 31.0. The minimum atomic E-state index is 0.880. The van der Waals surface area contributed by atoms with Gasteiger partial charge in [0.15, 0.2) is 0 Å². The molecule has 0 unspecified atom stereocenters. The maximum absolute atomic E-state index is 6.62. The summed E-state index contributed by atoms with van der Waals surface area (Å²) in [4.78, 5) is 0. The van der Waals surface area contributed by atoms with E-state index in [1.807, 2.05) is 0 Å². The molecule has 0 radical (unpaired) electrons. The second-order valence-corrected chi connectivity index (χ2v) is 24.2. The van der Waals surface area contributed by atoms with Crippen molar-refractivity contribution in [3.05, 3.63) is 315 Å². The highest BCUT2D eigenvalue weighted by molar-refractivity contribution is 6.25. The third kappa shape index (κ3) is 7.98. The lowest BCUT2D eigenvalue weighted by molar-refractivity contribution is 0.669. The van der Waals surface area contributed by atoms with Gasteiger partial charge >= 0.3 is 0 Å². The van der Waals surface area contributed by atoms with Crippen molar-refractivity contribution in [1.82, 2.24) is 0 Å². The molecule has 0 atom stereocenters. The smallest absolute Gasteiger partial charge is 0.136 e. The van der Waals surface area contributed by atoms with Crippen LogP contribution in [0.15, 0.2) is 324 Å². The molecule has 0 saturated heterocycles. The molecule has 416 valence electrons. The highest BCUT2D eigenvalue weighted by atomic mass is 16.3. The number of hydrogen-bond donors (Lipinski definition) is 0. The van der Waals surface area contributed by atoms with Crippen molar-refractivity contribution in [2.24, 2.45) is 0 Å². The van der Waals surface area contributed by atoms with Crippen LogP contribution >= 0.6 is 0 Å². The summed E-state index contributed by atoms with van der Waals surface area (Å²) in [5.74, 6) is 0. The first-order valence-electron chi connectivity index (χ1n) is 31.0. The van der Waals surface area contributed by atoms with E-state index in [1.54, 1.807) is 0 Å². The predicted octanol–water partition coefficient (Wildman–Crippen LogP) is 25.2. The molecule has 17 aromatic carbocycles. The summed E-state index contributed by atoms with van der Waals surface area (Å²) >= 11 is 0. The molecule has 0 aliphatic carbocycles. The number of fused-ring (bicyclic) bond motifs is 13. The van der Waals surface area contributed by atoms with Gasteiger partial charge in [-0.05, 0) is 232 Å². The molecule has 0 bridgehead atoms. The summed E-state index contributed by atoms with van der Waals surface area (Å²) in [5, 5.41) is 21.3. The Morgan fingerprint density at radius 2 is 0.433 bits per heavy atom. The molecule has 2 heterocycles. The van der Waals surface area contributed by atoms with Crippen LogP contribution in [0, 0.1) is 0 Å². The summed E-state index contributed by atoms with van der Waals surface area (Å²) in [6.45, 7) is 0. The van der Waals surface area contributed by atoms with Crippen molar-refractivity contribution in [1.29, 1.82) is 0 Å². The summed E-state index contributed by atoms with van der Waals surface area (Å²) in [6.07, 6.45) is 0. The van der Waals surface area contributed by atoms with E-state index < -0.39 is 0 Å². The molecule has 0 N–H and O–H groups in total. The molecule has 0 amide bonds. The van der Waals surface area contributed by atoms with Crippen LogP contribution in [-0.2, 0) is 0 Å². The Morgan fingerprint density at radius 3 is 0.900 bits per heavy atom. The Kier molecular flexibility index (Phi) is 11.1. The molecule has 19 aromatic rings. The molecule has 2 nitrogen and oxygen atoms in total. The van der Waals surface area contributed by atoms with Crippen LogP contribution in [0.3, 0.4) is 0 Å². The van der Waals surface area contributed by atoms with Gasteiger partial charge in [0.1, 0.15) is 22.3 Å². The quantitative estimate of drug-likeness (QED) is 0.149. The third-order valence-electron chi connectivity index (χ3n) is 19.1. The van der Waals surface area contributed by atoms with Gasteiger partial charge in [0, 0.05) is 21.5 Å². The number of hydrogen-bond acceptors (Lipinski definition) is 2. The summed E-state index contributed by atoms with van der Waals surface area (Å²) in [7, 11) is 0. The van der Waals surface area contributed by atoms with Crippen molar-refractivity contribution in [3.8, 4) is 77.9 Å². The maximum atomic E-state index is 6.62. The first kappa shape index (κ1) is 50.3. The summed E-state index contributed by atoms with van der Waals surface area (Å²) in [6, 6.07) is 116. The fourth-order valence-electron chi connectivity index (χ4n) is 14.9. The van der Waals surface area contributed by atoms with Gasteiger partial charge in [-0.25, -0.2) is 0 Å². The molecular formula is C88H52O2. The van der Waals surface area contributed by atoms with E-state index in [9.17, 15) is 0 Å². The van der Waals surface area contributed by atoms with Crippen molar-refractivity contribution >= 4 is 119 Å². The Balaban J connectivity index is 0.812. The Labute approximate surface area is 518 Å². The molecule has 0 saturated carbocycles. The lowest BCUT2D eigenvalue weighted by Gasteiger charge is -2.20. The minimum Gasteiger partial charge on any atom is -0.456 e. The second kappa shape index (κ2) is 19.8. The van der Waals surface area contributed by atoms with Gasteiger partial charge in [-0.1, -0.05) is 237 Å². The molecule has 90 heavy (non-hydrogen) atoms. The largest absolute Gasteiger partial charge is 0.456 e. The van der Waals surface area contributed by atoms with E-state index in [4.69, 9.17) is 8.83 Å². The monoisotopic (exact) mass is 1140 g/mol. The molecule has 2 heteroatoms. The first-order chi connectivity index (χ1) is 44.6. The molecule has 0 spiro atoms. The van der Waals surface area contributed by atoms with Crippen LogP contribution in [0.4, 0.5) is 0 Å².